The van der Waals surface area contributed by atoms with Gasteiger partial charge in [-0.3, -0.25) is 0 Å². The number of nitrogens with one attached hydrogen (secondary N) is 1. The molecule has 1 rings (SSSR count). The number of aliphatic hydroxyl groups excluding tert-OH is 1. The van der Waals surface area contributed by atoms with Gasteiger partial charge in [-0.05, 0) is 24.6 Å². The van der Waals surface area contributed by atoms with E-state index in [1.807, 2.05) is 0 Å². The van der Waals surface area contributed by atoms with Gasteiger partial charge in [-0.1, -0.05) is 6.07 Å². The average Bonchev–Trinajstić information content (AvgIpc) is 2.30. The molecule has 3 N–H and O–H groups in total. The Hall–Kier alpha value is -1.59. The lowest BCUT2D eigenvalue weighted by Gasteiger charge is -2.11. The van der Waals surface area contributed by atoms with Crippen LogP contribution in [0.25, 0.3) is 0 Å². The minimum Gasteiger partial charge on any atom is -0.478 e. The largest absolute Gasteiger partial charge is 0.478 e. The van der Waals surface area contributed by atoms with Crippen molar-refractivity contribution < 1.29 is 19.7 Å². The topological polar surface area (TPSA) is 78.8 Å². The molecule has 0 saturated carbocycles. The van der Waals surface area contributed by atoms with Crippen molar-refractivity contribution in [2.75, 3.05) is 25.6 Å². The maximum absolute atomic E-state index is 10.7. The molecule has 5 heteroatoms. The number of benzene rings is 1. The van der Waals surface area contributed by atoms with E-state index in [9.17, 15) is 9.90 Å². The van der Waals surface area contributed by atoms with E-state index in [0.29, 0.717) is 19.6 Å². The second-order valence-electron chi connectivity index (χ2n) is 3.71. The first kappa shape index (κ1) is 13.5. The number of hydrogen-bond acceptors (Lipinski definition) is 4. The second-order valence-corrected chi connectivity index (χ2v) is 3.71. The zero-order chi connectivity index (χ0) is 12.7. The Labute approximate surface area is 100 Å². The zero-order valence-corrected chi connectivity index (χ0v) is 9.72. The fourth-order valence-electron chi connectivity index (χ4n) is 1.42. The highest BCUT2D eigenvalue weighted by Gasteiger charge is 2.04. The summed E-state index contributed by atoms with van der Waals surface area (Å²) in [6.07, 6.45) is 0.0423. The van der Waals surface area contributed by atoms with Gasteiger partial charge in [-0.15, -0.1) is 0 Å². The summed E-state index contributed by atoms with van der Waals surface area (Å²) in [4.78, 5) is 10.7. The smallest absolute Gasteiger partial charge is 0.335 e. The molecular formula is C12H17NO4. The van der Waals surface area contributed by atoms with E-state index < -0.39 is 12.1 Å². The van der Waals surface area contributed by atoms with Crippen molar-refractivity contribution in [3.05, 3.63) is 29.8 Å². The van der Waals surface area contributed by atoms with Gasteiger partial charge < -0.3 is 20.3 Å². The Morgan fingerprint density at radius 1 is 1.53 bits per heavy atom. The minimum absolute atomic E-state index is 0.243. The van der Waals surface area contributed by atoms with Crippen LogP contribution in [0.15, 0.2) is 24.3 Å². The average molecular weight is 239 g/mol. The number of aliphatic hydroxyl groups is 1. The van der Waals surface area contributed by atoms with Gasteiger partial charge in [0.1, 0.15) is 0 Å². The van der Waals surface area contributed by atoms with Crippen LogP contribution < -0.4 is 5.32 Å². The molecule has 0 bridgehead atoms. The van der Waals surface area contributed by atoms with Crippen LogP contribution >= 0.6 is 0 Å². The van der Waals surface area contributed by atoms with Gasteiger partial charge >= 0.3 is 5.97 Å². The molecule has 0 saturated heterocycles. The lowest BCUT2D eigenvalue weighted by molar-refractivity contribution is 0.0615. The van der Waals surface area contributed by atoms with Crippen molar-refractivity contribution in [1.82, 2.24) is 0 Å². The fraction of sp³-hybridized carbons (Fsp3) is 0.417. The van der Waals surface area contributed by atoms with Crippen LogP contribution in [-0.2, 0) is 4.74 Å². The quantitative estimate of drug-likeness (QED) is 0.666. The normalized spacial score (nSPS) is 12.1. The first-order valence-electron chi connectivity index (χ1n) is 5.37. The number of carboxylic acid groups (broad SMARTS) is 1. The van der Waals surface area contributed by atoms with Crippen LogP contribution in [0.2, 0.25) is 0 Å². The van der Waals surface area contributed by atoms with Gasteiger partial charge in [0.2, 0.25) is 0 Å². The van der Waals surface area contributed by atoms with E-state index in [0.717, 1.165) is 5.69 Å². The van der Waals surface area contributed by atoms with Crippen LogP contribution in [0.1, 0.15) is 16.8 Å². The Kier molecular flexibility index (Phi) is 5.45. The van der Waals surface area contributed by atoms with Gasteiger partial charge in [0.15, 0.2) is 0 Å². The first-order valence-corrected chi connectivity index (χ1v) is 5.37. The molecule has 0 aromatic heterocycles. The van der Waals surface area contributed by atoms with Gasteiger partial charge in [0.05, 0.1) is 18.3 Å². The highest BCUT2D eigenvalue weighted by molar-refractivity contribution is 5.88. The molecule has 0 aliphatic heterocycles. The molecule has 1 atom stereocenters. The Balaban J connectivity index is 2.41. The SMILES string of the molecule is COCC(O)CCNc1cccc(C(=O)O)c1. The minimum atomic E-state index is -0.951. The Morgan fingerprint density at radius 2 is 2.29 bits per heavy atom. The zero-order valence-electron chi connectivity index (χ0n) is 9.72. The fourth-order valence-corrected chi connectivity index (χ4v) is 1.42. The van der Waals surface area contributed by atoms with Crippen molar-refractivity contribution in [2.45, 2.75) is 12.5 Å². The number of rotatable bonds is 7. The number of methoxy groups -OCH3 is 1. The molecule has 0 heterocycles. The third kappa shape index (κ3) is 4.84. The van der Waals surface area contributed by atoms with E-state index in [4.69, 9.17) is 9.84 Å². The summed E-state index contributed by atoms with van der Waals surface area (Å²) in [6.45, 7) is 0.866. The van der Waals surface area contributed by atoms with Gasteiger partial charge in [-0.25, -0.2) is 4.79 Å². The predicted octanol–water partition coefficient (Wildman–Crippen LogP) is 1.19. The molecule has 0 aliphatic rings. The van der Waals surface area contributed by atoms with E-state index >= 15 is 0 Å². The highest BCUT2D eigenvalue weighted by atomic mass is 16.5. The van der Waals surface area contributed by atoms with Crippen LogP contribution in [0, 0.1) is 0 Å². The van der Waals surface area contributed by atoms with Crippen LogP contribution in [-0.4, -0.2) is 42.5 Å². The molecule has 0 radical (unpaired) electrons. The summed E-state index contributed by atoms with van der Waals surface area (Å²) >= 11 is 0. The number of aromatic carboxylic acids is 1. The van der Waals surface area contributed by atoms with Crippen molar-refractivity contribution in [1.29, 1.82) is 0 Å². The maximum Gasteiger partial charge on any atom is 0.335 e. The molecule has 0 aliphatic carbocycles. The van der Waals surface area contributed by atoms with Crippen LogP contribution in [0.3, 0.4) is 0 Å². The van der Waals surface area contributed by atoms with E-state index in [1.165, 1.54) is 13.2 Å². The lowest BCUT2D eigenvalue weighted by Crippen LogP contribution is -2.18. The lowest BCUT2D eigenvalue weighted by atomic mass is 10.2. The van der Waals surface area contributed by atoms with E-state index in [1.54, 1.807) is 18.2 Å². The maximum atomic E-state index is 10.7. The molecule has 1 unspecified atom stereocenters. The molecule has 94 valence electrons. The molecule has 1 aromatic carbocycles. The number of hydrogen-bond donors (Lipinski definition) is 3. The summed E-state index contributed by atoms with van der Waals surface area (Å²) in [5, 5.41) is 21.3. The molecule has 5 nitrogen and oxygen atoms in total. The number of anilines is 1. The van der Waals surface area contributed by atoms with E-state index in [-0.39, 0.29) is 5.56 Å². The molecule has 17 heavy (non-hydrogen) atoms. The third-order valence-corrected chi connectivity index (χ3v) is 2.28. The Morgan fingerprint density at radius 3 is 2.94 bits per heavy atom. The standard InChI is InChI=1S/C12H17NO4/c1-17-8-11(14)5-6-13-10-4-2-3-9(7-10)12(15)16/h2-4,7,11,13-14H,5-6,8H2,1H3,(H,15,16). The molecular weight excluding hydrogens is 222 g/mol. The van der Waals surface area contributed by atoms with Gasteiger partial charge in [0, 0.05) is 19.3 Å². The molecule has 0 spiro atoms. The number of carbonyl (C=O) groups is 1. The molecule has 0 amide bonds. The second kappa shape index (κ2) is 6.88. The summed E-state index contributed by atoms with van der Waals surface area (Å²) in [5.41, 5.74) is 0.974. The predicted molar refractivity (Wildman–Crippen MR) is 64.4 cm³/mol. The van der Waals surface area contributed by atoms with Crippen molar-refractivity contribution in [2.24, 2.45) is 0 Å². The molecule has 0 fully saturated rings. The monoisotopic (exact) mass is 239 g/mol. The van der Waals surface area contributed by atoms with Crippen LogP contribution in [0.5, 0.6) is 0 Å². The number of carboxylic acids is 1. The molecule has 1 aromatic rings. The van der Waals surface area contributed by atoms with Crippen molar-refractivity contribution >= 4 is 11.7 Å². The van der Waals surface area contributed by atoms with Gasteiger partial charge in [-0.2, -0.15) is 0 Å². The highest BCUT2D eigenvalue weighted by Crippen LogP contribution is 2.10. The third-order valence-electron chi connectivity index (χ3n) is 2.28. The van der Waals surface area contributed by atoms with Crippen molar-refractivity contribution in [3.8, 4) is 0 Å². The first-order chi connectivity index (χ1) is 8.13. The Bertz CT molecular complexity index is 367. The summed E-state index contributed by atoms with van der Waals surface area (Å²) in [6, 6.07) is 6.56. The van der Waals surface area contributed by atoms with Gasteiger partial charge in [0.25, 0.3) is 0 Å². The number of ether oxygens (including phenoxy) is 1. The summed E-state index contributed by atoms with van der Waals surface area (Å²) in [7, 11) is 1.53. The van der Waals surface area contributed by atoms with Crippen molar-refractivity contribution in [3.63, 3.8) is 0 Å². The summed E-state index contributed by atoms with van der Waals surface area (Å²) < 4.78 is 4.80. The van der Waals surface area contributed by atoms with Crippen LogP contribution in [0.4, 0.5) is 5.69 Å². The van der Waals surface area contributed by atoms with E-state index in [2.05, 4.69) is 5.32 Å². The summed E-state index contributed by atoms with van der Waals surface area (Å²) in [5.74, 6) is -0.951.